The van der Waals surface area contributed by atoms with Crippen molar-refractivity contribution in [1.82, 2.24) is 10.2 Å². The summed E-state index contributed by atoms with van der Waals surface area (Å²) in [5, 5.41) is 2.60. The zero-order valence-electron chi connectivity index (χ0n) is 9.93. The van der Waals surface area contributed by atoms with Crippen molar-refractivity contribution in [1.29, 1.82) is 0 Å². The second-order valence-electron chi connectivity index (χ2n) is 4.32. The van der Waals surface area contributed by atoms with E-state index in [-0.39, 0.29) is 18.9 Å². The van der Waals surface area contributed by atoms with Crippen LogP contribution in [0.5, 0.6) is 0 Å². The summed E-state index contributed by atoms with van der Waals surface area (Å²) in [7, 11) is 0. The van der Waals surface area contributed by atoms with E-state index in [0.29, 0.717) is 13.1 Å². The normalized spacial score (nSPS) is 23.4. The molecule has 16 heavy (non-hydrogen) atoms. The second-order valence-corrected chi connectivity index (χ2v) is 4.32. The van der Waals surface area contributed by atoms with Crippen LogP contribution in [0.15, 0.2) is 0 Å². The van der Waals surface area contributed by atoms with Crippen LogP contribution in [0.2, 0.25) is 0 Å². The van der Waals surface area contributed by atoms with Crippen molar-refractivity contribution in [2.75, 3.05) is 19.6 Å². The molecule has 0 aromatic carbocycles. The maximum atomic E-state index is 13.0. The first kappa shape index (κ1) is 13.4. The van der Waals surface area contributed by atoms with Crippen LogP contribution in [0, 0.1) is 0 Å². The fourth-order valence-electron chi connectivity index (χ4n) is 1.98. The zero-order chi connectivity index (χ0) is 12.2. The Bertz CT molecular complexity index is 236. The minimum atomic E-state index is -2.73. The third-order valence-electron chi connectivity index (χ3n) is 2.71. The number of carbonyl (C=O) groups excluding carboxylic acids is 1. The molecule has 0 aliphatic carbocycles. The smallest absolute Gasteiger partial charge is 0.262 e. The van der Waals surface area contributed by atoms with Gasteiger partial charge in [-0.05, 0) is 12.8 Å². The first-order valence-electron chi connectivity index (χ1n) is 5.90. The molecule has 1 heterocycles. The number of nitrogens with one attached hydrogen (secondary N) is 1. The van der Waals surface area contributed by atoms with Crippen molar-refractivity contribution in [3.05, 3.63) is 0 Å². The van der Waals surface area contributed by atoms with E-state index in [4.69, 9.17) is 0 Å². The Hall–Kier alpha value is -0.710. The van der Waals surface area contributed by atoms with E-state index < -0.39 is 12.0 Å². The molecular weight excluding hydrogens is 214 g/mol. The Morgan fingerprint density at radius 3 is 2.31 bits per heavy atom. The van der Waals surface area contributed by atoms with Crippen molar-refractivity contribution in [2.24, 2.45) is 0 Å². The average Bonchev–Trinajstić information content (AvgIpc) is 2.57. The molecule has 0 aromatic rings. The van der Waals surface area contributed by atoms with Crippen LogP contribution in [0.1, 0.15) is 33.1 Å². The second kappa shape index (κ2) is 5.57. The Kier molecular flexibility index (Phi) is 4.65. The van der Waals surface area contributed by atoms with Crippen LogP contribution in [-0.4, -0.2) is 42.4 Å². The third-order valence-corrected chi connectivity index (χ3v) is 2.71. The summed E-state index contributed by atoms with van der Waals surface area (Å²) in [6.45, 7) is 4.88. The van der Waals surface area contributed by atoms with E-state index in [2.05, 4.69) is 5.32 Å². The first-order valence-corrected chi connectivity index (χ1v) is 5.90. The first-order chi connectivity index (χ1) is 7.50. The molecule has 1 aliphatic heterocycles. The van der Waals surface area contributed by atoms with Gasteiger partial charge >= 0.3 is 0 Å². The number of halogens is 2. The highest BCUT2D eigenvalue weighted by molar-refractivity contribution is 5.82. The number of rotatable bonds is 5. The quantitative estimate of drug-likeness (QED) is 0.784. The van der Waals surface area contributed by atoms with Crippen LogP contribution in [0.4, 0.5) is 8.78 Å². The van der Waals surface area contributed by atoms with Gasteiger partial charge in [0.05, 0.1) is 12.6 Å². The highest BCUT2D eigenvalue weighted by Crippen LogP contribution is 2.26. The van der Waals surface area contributed by atoms with Gasteiger partial charge in [-0.15, -0.1) is 0 Å². The number of alkyl halides is 2. The monoisotopic (exact) mass is 234 g/mol. The maximum Gasteiger partial charge on any atom is 0.262 e. The van der Waals surface area contributed by atoms with Crippen LogP contribution in [0.25, 0.3) is 0 Å². The fraction of sp³-hybridized carbons (Fsp3) is 0.909. The molecule has 1 amide bonds. The largest absolute Gasteiger partial charge is 0.341 e. The van der Waals surface area contributed by atoms with E-state index in [0.717, 1.165) is 12.8 Å². The molecule has 0 bridgehead atoms. The highest BCUT2D eigenvalue weighted by atomic mass is 19.3. The van der Waals surface area contributed by atoms with Crippen molar-refractivity contribution in [2.45, 2.75) is 45.1 Å². The van der Waals surface area contributed by atoms with Gasteiger partial charge in [0.2, 0.25) is 5.91 Å². The summed E-state index contributed by atoms with van der Waals surface area (Å²) < 4.78 is 25.9. The molecule has 1 unspecified atom stereocenters. The lowest BCUT2D eigenvalue weighted by atomic mass is 10.1. The molecule has 0 saturated carbocycles. The van der Waals surface area contributed by atoms with Gasteiger partial charge in [-0.25, -0.2) is 8.78 Å². The summed E-state index contributed by atoms with van der Waals surface area (Å²) >= 11 is 0. The van der Waals surface area contributed by atoms with Gasteiger partial charge in [0.25, 0.3) is 5.92 Å². The molecule has 5 heteroatoms. The molecule has 1 aliphatic rings. The van der Waals surface area contributed by atoms with Crippen LogP contribution in [-0.2, 0) is 4.79 Å². The van der Waals surface area contributed by atoms with E-state index in [1.165, 1.54) is 0 Å². The van der Waals surface area contributed by atoms with E-state index >= 15 is 0 Å². The molecule has 1 fully saturated rings. The van der Waals surface area contributed by atoms with Crippen molar-refractivity contribution >= 4 is 5.91 Å². The molecular formula is C11H20F2N2O. The standard InChI is InChI=1S/C11H20F2N2O/c1-3-5-15(6-4-2)10(16)9-7-11(12,13)8-14-9/h9,14H,3-8H2,1-2H3. The summed E-state index contributed by atoms with van der Waals surface area (Å²) in [5.41, 5.74) is 0. The number of amides is 1. The van der Waals surface area contributed by atoms with Gasteiger partial charge in [-0.3, -0.25) is 10.1 Å². The SMILES string of the molecule is CCCN(CCC)C(=O)C1CC(F)(F)CN1. The Labute approximate surface area is 95.2 Å². The molecule has 0 aromatic heterocycles. The molecule has 94 valence electrons. The average molecular weight is 234 g/mol. The van der Waals surface area contributed by atoms with Crippen LogP contribution in [0.3, 0.4) is 0 Å². The minimum absolute atomic E-state index is 0.180. The molecule has 0 spiro atoms. The van der Waals surface area contributed by atoms with Crippen molar-refractivity contribution in [3.63, 3.8) is 0 Å². The molecule has 3 nitrogen and oxygen atoms in total. The van der Waals surface area contributed by atoms with E-state index in [1.807, 2.05) is 13.8 Å². The Balaban J connectivity index is 2.54. The van der Waals surface area contributed by atoms with Gasteiger partial charge in [0, 0.05) is 19.5 Å². The number of nitrogens with zero attached hydrogens (tertiary/aromatic N) is 1. The van der Waals surface area contributed by atoms with Gasteiger partial charge in [-0.1, -0.05) is 13.8 Å². The lowest BCUT2D eigenvalue weighted by Crippen LogP contribution is -2.44. The van der Waals surface area contributed by atoms with Gasteiger partial charge in [-0.2, -0.15) is 0 Å². The minimum Gasteiger partial charge on any atom is -0.341 e. The molecule has 0 radical (unpaired) electrons. The summed E-state index contributed by atoms with van der Waals surface area (Å²) in [4.78, 5) is 13.6. The molecule has 1 saturated heterocycles. The molecule has 1 atom stereocenters. The number of hydrogen-bond acceptors (Lipinski definition) is 2. The predicted molar refractivity (Wildman–Crippen MR) is 58.5 cm³/mol. The number of carbonyl (C=O) groups is 1. The lowest BCUT2D eigenvalue weighted by Gasteiger charge is -2.24. The van der Waals surface area contributed by atoms with E-state index in [9.17, 15) is 13.6 Å². The van der Waals surface area contributed by atoms with Gasteiger partial charge < -0.3 is 4.90 Å². The van der Waals surface area contributed by atoms with Crippen molar-refractivity contribution in [3.8, 4) is 0 Å². The van der Waals surface area contributed by atoms with Gasteiger partial charge in [0.15, 0.2) is 0 Å². The Morgan fingerprint density at radius 1 is 1.38 bits per heavy atom. The summed E-state index contributed by atoms with van der Waals surface area (Å²) in [6.07, 6.45) is 1.35. The van der Waals surface area contributed by atoms with Crippen LogP contribution < -0.4 is 5.32 Å². The lowest BCUT2D eigenvalue weighted by molar-refractivity contribution is -0.133. The predicted octanol–water partition coefficient (Wildman–Crippen LogP) is 1.63. The topological polar surface area (TPSA) is 32.3 Å². The number of hydrogen-bond donors (Lipinski definition) is 1. The summed E-state index contributed by atoms with van der Waals surface area (Å²) in [6, 6.07) is -0.701. The third kappa shape index (κ3) is 3.40. The Morgan fingerprint density at radius 2 is 1.94 bits per heavy atom. The molecule has 1 rings (SSSR count). The van der Waals surface area contributed by atoms with Gasteiger partial charge in [0.1, 0.15) is 0 Å². The van der Waals surface area contributed by atoms with Crippen molar-refractivity contribution < 1.29 is 13.6 Å². The van der Waals surface area contributed by atoms with Crippen LogP contribution >= 0.6 is 0 Å². The van der Waals surface area contributed by atoms with E-state index in [1.54, 1.807) is 4.90 Å². The fourth-order valence-corrected chi connectivity index (χ4v) is 1.98. The summed E-state index contributed by atoms with van der Waals surface area (Å²) in [5.74, 6) is -2.91. The highest BCUT2D eigenvalue weighted by Gasteiger charge is 2.43. The maximum absolute atomic E-state index is 13.0. The molecule has 1 N–H and O–H groups in total. The zero-order valence-corrected chi connectivity index (χ0v) is 9.93.